The number of hydrogen-bond donors (Lipinski definition) is 0. The number of carbonyl (C=O) groups excluding carboxylic acids is 1. The molecule has 110 valence electrons. The number of ether oxygens (including phenoxy) is 1. The van der Waals surface area contributed by atoms with Gasteiger partial charge in [-0.3, -0.25) is 4.57 Å². The van der Waals surface area contributed by atoms with E-state index >= 15 is 0 Å². The van der Waals surface area contributed by atoms with Gasteiger partial charge in [-0.25, -0.2) is 4.79 Å². The fraction of sp³-hybridized carbons (Fsp3) is 0.286. The van der Waals surface area contributed by atoms with Gasteiger partial charge < -0.3 is 14.9 Å². The fourth-order valence-electron chi connectivity index (χ4n) is 2.09. The summed E-state index contributed by atoms with van der Waals surface area (Å²) >= 11 is 0. The van der Waals surface area contributed by atoms with Crippen LogP contribution in [0.2, 0.25) is 0 Å². The van der Waals surface area contributed by atoms with Crippen molar-refractivity contribution < 1.29 is 14.5 Å². The first-order valence-electron chi connectivity index (χ1n) is 6.44. The average molecular weight is 289 g/mol. The molecule has 0 saturated heterocycles. The molecular weight excluding hydrogens is 274 g/mol. The molecule has 0 amide bonds. The number of aryl methyl sites for hydroxylation is 1. The van der Waals surface area contributed by atoms with Gasteiger partial charge in [0, 0.05) is 0 Å². The highest BCUT2D eigenvalue weighted by Gasteiger charge is 2.27. The second-order valence-electron chi connectivity index (χ2n) is 4.45. The van der Waals surface area contributed by atoms with Crippen molar-refractivity contribution in [3.05, 3.63) is 58.0 Å². The summed E-state index contributed by atoms with van der Waals surface area (Å²) in [6, 6.07) is 6.54. The number of aromatic nitrogens is 2. The minimum Gasteiger partial charge on any atom is -0.464 e. The van der Waals surface area contributed by atoms with Crippen LogP contribution in [0.4, 0.5) is 5.82 Å². The third-order valence-corrected chi connectivity index (χ3v) is 3.07. The lowest BCUT2D eigenvalue weighted by Gasteiger charge is -2.18. The summed E-state index contributed by atoms with van der Waals surface area (Å²) in [7, 11) is 0. The number of esters is 1. The average Bonchev–Trinajstić information content (AvgIpc) is 2.91. The molecule has 1 atom stereocenters. The number of imidazole rings is 1. The normalized spacial score (nSPS) is 11.9. The molecule has 0 aliphatic rings. The van der Waals surface area contributed by atoms with E-state index in [1.54, 1.807) is 19.1 Å². The van der Waals surface area contributed by atoms with E-state index in [1.165, 1.54) is 17.1 Å². The Balaban J connectivity index is 2.48. The van der Waals surface area contributed by atoms with Crippen molar-refractivity contribution in [2.24, 2.45) is 0 Å². The molecule has 2 aromatic rings. The number of nitrogens with zero attached hydrogens (tertiary/aromatic N) is 3. The highest BCUT2D eigenvalue weighted by atomic mass is 16.6. The van der Waals surface area contributed by atoms with Gasteiger partial charge in [0.2, 0.25) is 6.33 Å². The van der Waals surface area contributed by atoms with Crippen molar-refractivity contribution in [3.63, 3.8) is 0 Å². The topological polar surface area (TPSA) is 87.3 Å². The van der Waals surface area contributed by atoms with Gasteiger partial charge in [-0.05, 0) is 34.9 Å². The Kier molecular flexibility index (Phi) is 4.32. The highest BCUT2D eigenvalue weighted by Crippen LogP contribution is 2.24. The monoisotopic (exact) mass is 289 g/mol. The van der Waals surface area contributed by atoms with Crippen molar-refractivity contribution in [1.29, 1.82) is 0 Å². The van der Waals surface area contributed by atoms with Crippen LogP contribution in [0.15, 0.2) is 36.8 Å². The Labute approximate surface area is 121 Å². The SMILES string of the molecule is CCOC(=O)C(c1ccccc1C)n1cnc([N+](=O)[O-])c1. The standard InChI is InChI=1S/C14H15N3O4/c1-3-21-14(18)13(11-7-5-4-6-10(11)2)16-8-12(15-9-16)17(19)20/h4-9,13H,3H2,1-2H3. The zero-order chi connectivity index (χ0) is 15.4. The molecular formula is C14H15N3O4. The number of carbonyl (C=O) groups is 1. The number of rotatable bonds is 5. The quantitative estimate of drug-likeness (QED) is 0.478. The van der Waals surface area contributed by atoms with E-state index in [0.717, 1.165) is 11.1 Å². The number of nitro groups is 1. The molecule has 0 aliphatic heterocycles. The first-order chi connectivity index (χ1) is 10.0. The predicted octanol–water partition coefficient (Wildman–Crippen LogP) is 2.25. The van der Waals surface area contributed by atoms with Gasteiger partial charge in [-0.2, -0.15) is 0 Å². The summed E-state index contributed by atoms with van der Waals surface area (Å²) in [5.74, 6) is -0.781. The minimum atomic E-state index is -0.785. The number of benzene rings is 1. The van der Waals surface area contributed by atoms with Crippen LogP contribution in [-0.4, -0.2) is 27.1 Å². The second kappa shape index (κ2) is 6.17. The summed E-state index contributed by atoms with van der Waals surface area (Å²) in [5.41, 5.74) is 1.62. The lowest BCUT2D eigenvalue weighted by molar-refractivity contribution is -0.389. The van der Waals surface area contributed by atoms with Crippen LogP contribution in [-0.2, 0) is 9.53 Å². The lowest BCUT2D eigenvalue weighted by Crippen LogP contribution is -2.23. The summed E-state index contributed by atoms with van der Waals surface area (Å²) in [6.07, 6.45) is 2.50. The predicted molar refractivity (Wildman–Crippen MR) is 74.8 cm³/mol. The molecule has 0 saturated carbocycles. The molecule has 7 nitrogen and oxygen atoms in total. The van der Waals surface area contributed by atoms with Gasteiger partial charge in [-0.1, -0.05) is 24.3 Å². The Morgan fingerprint density at radius 1 is 1.48 bits per heavy atom. The molecule has 0 bridgehead atoms. The van der Waals surface area contributed by atoms with E-state index in [4.69, 9.17) is 4.74 Å². The zero-order valence-corrected chi connectivity index (χ0v) is 11.7. The van der Waals surface area contributed by atoms with E-state index in [-0.39, 0.29) is 12.4 Å². The van der Waals surface area contributed by atoms with E-state index in [9.17, 15) is 14.9 Å². The summed E-state index contributed by atoms with van der Waals surface area (Å²) in [4.78, 5) is 26.1. The summed E-state index contributed by atoms with van der Waals surface area (Å²) < 4.78 is 6.48. The lowest BCUT2D eigenvalue weighted by atomic mass is 10.0. The Bertz CT molecular complexity index is 666. The first-order valence-corrected chi connectivity index (χ1v) is 6.44. The molecule has 2 rings (SSSR count). The molecule has 7 heteroatoms. The van der Waals surface area contributed by atoms with Crippen molar-refractivity contribution in [1.82, 2.24) is 9.55 Å². The van der Waals surface area contributed by atoms with Crippen LogP contribution in [0.5, 0.6) is 0 Å². The second-order valence-corrected chi connectivity index (χ2v) is 4.45. The molecule has 1 aromatic carbocycles. The van der Waals surface area contributed by atoms with Crippen LogP contribution < -0.4 is 0 Å². The smallest absolute Gasteiger partial charge is 0.381 e. The summed E-state index contributed by atoms with van der Waals surface area (Å²) in [5, 5.41) is 10.7. The molecule has 21 heavy (non-hydrogen) atoms. The number of hydrogen-bond acceptors (Lipinski definition) is 5. The van der Waals surface area contributed by atoms with Crippen LogP contribution in [0, 0.1) is 17.0 Å². The molecule has 0 spiro atoms. The maximum Gasteiger partial charge on any atom is 0.381 e. The largest absolute Gasteiger partial charge is 0.464 e. The van der Waals surface area contributed by atoms with Crippen LogP contribution in [0.25, 0.3) is 0 Å². The molecule has 0 radical (unpaired) electrons. The van der Waals surface area contributed by atoms with Gasteiger partial charge in [0.05, 0.1) is 6.61 Å². The van der Waals surface area contributed by atoms with Gasteiger partial charge in [0.15, 0.2) is 6.04 Å². The first kappa shape index (κ1) is 14.7. The molecule has 1 unspecified atom stereocenters. The molecule has 1 heterocycles. The maximum absolute atomic E-state index is 12.2. The van der Waals surface area contributed by atoms with E-state index in [0.29, 0.717) is 0 Å². The Morgan fingerprint density at radius 2 is 2.19 bits per heavy atom. The molecule has 1 aromatic heterocycles. The van der Waals surface area contributed by atoms with E-state index in [1.807, 2.05) is 19.1 Å². The van der Waals surface area contributed by atoms with Crippen molar-refractivity contribution in [3.8, 4) is 0 Å². The van der Waals surface area contributed by atoms with Crippen LogP contribution >= 0.6 is 0 Å². The fourth-order valence-corrected chi connectivity index (χ4v) is 2.09. The van der Waals surface area contributed by atoms with Crippen LogP contribution in [0.3, 0.4) is 0 Å². The van der Waals surface area contributed by atoms with E-state index in [2.05, 4.69) is 4.98 Å². The molecule has 0 fully saturated rings. The molecule has 0 aliphatic carbocycles. The van der Waals surface area contributed by atoms with Crippen LogP contribution in [0.1, 0.15) is 24.1 Å². The third-order valence-electron chi connectivity index (χ3n) is 3.07. The van der Waals surface area contributed by atoms with Crippen molar-refractivity contribution >= 4 is 11.8 Å². The molecule has 0 N–H and O–H groups in total. The maximum atomic E-state index is 12.2. The summed E-state index contributed by atoms with van der Waals surface area (Å²) in [6.45, 7) is 3.81. The third kappa shape index (κ3) is 3.07. The minimum absolute atomic E-state index is 0.234. The van der Waals surface area contributed by atoms with Gasteiger partial charge in [0.25, 0.3) is 0 Å². The van der Waals surface area contributed by atoms with Crippen molar-refractivity contribution in [2.75, 3.05) is 6.61 Å². The Morgan fingerprint density at radius 3 is 2.76 bits per heavy atom. The van der Waals surface area contributed by atoms with Gasteiger partial charge >= 0.3 is 11.8 Å². The highest BCUT2D eigenvalue weighted by molar-refractivity contribution is 5.78. The Hall–Kier alpha value is -2.70. The zero-order valence-electron chi connectivity index (χ0n) is 11.7. The van der Waals surface area contributed by atoms with E-state index < -0.39 is 16.9 Å². The van der Waals surface area contributed by atoms with Gasteiger partial charge in [0.1, 0.15) is 6.20 Å². The van der Waals surface area contributed by atoms with Crippen molar-refractivity contribution in [2.45, 2.75) is 19.9 Å². The van der Waals surface area contributed by atoms with Gasteiger partial charge in [-0.15, -0.1) is 0 Å².